The first-order valence-electron chi connectivity index (χ1n) is 17.3. The van der Waals surface area contributed by atoms with E-state index in [0.29, 0.717) is 48.9 Å². The number of aliphatic imine (C=N–C) groups is 1. The first-order valence-corrected chi connectivity index (χ1v) is 17.3. The molecular weight excluding hydrogens is 575 g/mol. The maximum atomic E-state index is 14.1. The van der Waals surface area contributed by atoms with Crippen LogP contribution in [-0.4, -0.2) is 60.2 Å². The molecule has 12 nitrogen and oxygen atoms in total. The van der Waals surface area contributed by atoms with E-state index >= 15 is 0 Å². The molecule has 8 fully saturated rings. The Morgan fingerprint density at radius 3 is 2.27 bits per heavy atom. The molecule has 7 aliphatic carbocycles. The van der Waals surface area contributed by atoms with Crippen LogP contribution in [-0.2, 0) is 18.9 Å². The van der Waals surface area contributed by atoms with Gasteiger partial charge >= 0.3 is 7.12 Å². The van der Waals surface area contributed by atoms with Crippen molar-refractivity contribution in [2.75, 3.05) is 6.54 Å². The third-order valence-corrected chi connectivity index (χ3v) is 12.6. The summed E-state index contributed by atoms with van der Waals surface area (Å²) in [5.41, 5.74) is 6.88. The summed E-state index contributed by atoms with van der Waals surface area (Å²) in [6.07, 6.45) is 9.97. The topological polar surface area (TPSA) is 170 Å². The molecule has 8 rings (SSSR count). The summed E-state index contributed by atoms with van der Waals surface area (Å²) in [7, 11) is -0.557. The Bertz CT molecular complexity index is 1180. The number of nitrogens with zero attached hydrogens (tertiary/aromatic N) is 2. The SMILES string of the molecule is CC(C)C[C@H](NC(=O)[C@H](CCCN=C(N)N[N+](=O)[O-])NC(=O)C12CC3CC(CC(C3)C1)C2)B1O[C@@H]2C[C@@H]3C[C@@H](C3(C)C)[C@]2(C)O1. The molecule has 0 aromatic carbocycles. The molecule has 6 atom stereocenters. The van der Waals surface area contributed by atoms with E-state index in [1.165, 1.54) is 19.3 Å². The normalized spacial score (nSPS) is 38.7. The fourth-order valence-electron chi connectivity index (χ4n) is 10.7. The maximum absolute atomic E-state index is 14.1. The highest BCUT2D eigenvalue weighted by Gasteiger charge is 2.68. The zero-order valence-corrected chi connectivity index (χ0v) is 27.7. The van der Waals surface area contributed by atoms with Crippen molar-refractivity contribution in [3.8, 4) is 0 Å². The summed E-state index contributed by atoms with van der Waals surface area (Å²) in [5.74, 6) is 2.23. The summed E-state index contributed by atoms with van der Waals surface area (Å²) in [6.45, 7) is 11.3. The number of nitrogens with two attached hydrogens (primary N) is 1. The third-order valence-electron chi connectivity index (χ3n) is 12.6. The highest BCUT2D eigenvalue weighted by molar-refractivity contribution is 6.48. The lowest BCUT2D eigenvalue weighted by Gasteiger charge is -2.64. The van der Waals surface area contributed by atoms with Gasteiger partial charge in [0.05, 0.1) is 17.6 Å². The van der Waals surface area contributed by atoms with Gasteiger partial charge in [0.2, 0.25) is 11.8 Å². The molecule has 1 heterocycles. The number of hydrazine groups is 1. The lowest BCUT2D eigenvalue weighted by molar-refractivity contribution is -0.525. The Labute approximate surface area is 267 Å². The van der Waals surface area contributed by atoms with Crippen molar-refractivity contribution in [2.45, 2.75) is 129 Å². The number of rotatable bonds is 12. The molecule has 6 bridgehead atoms. The molecule has 5 N–H and O–H groups in total. The fourth-order valence-corrected chi connectivity index (χ4v) is 10.7. The van der Waals surface area contributed by atoms with Gasteiger partial charge in [-0.25, -0.2) is 15.1 Å². The highest BCUT2D eigenvalue weighted by Crippen LogP contribution is 2.66. The smallest absolute Gasteiger partial charge is 0.404 e. The van der Waals surface area contributed by atoms with Gasteiger partial charge in [0.15, 0.2) is 5.03 Å². The number of carbonyl (C=O) groups is 2. The first-order chi connectivity index (χ1) is 21.2. The summed E-state index contributed by atoms with van der Waals surface area (Å²) in [4.78, 5) is 42.8. The number of nitro groups is 1. The Morgan fingerprint density at radius 1 is 1.04 bits per heavy atom. The highest BCUT2D eigenvalue weighted by atomic mass is 16.7. The van der Waals surface area contributed by atoms with Gasteiger partial charge in [-0.3, -0.25) is 9.59 Å². The molecule has 45 heavy (non-hydrogen) atoms. The number of amides is 2. The van der Waals surface area contributed by atoms with Crippen molar-refractivity contribution in [3.63, 3.8) is 0 Å². The van der Waals surface area contributed by atoms with E-state index < -0.39 is 23.6 Å². The molecule has 0 radical (unpaired) electrons. The van der Waals surface area contributed by atoms with Crippen LogP contribution < -0.4 is 21.8 Å². The zero-order valence-electron chi connectivity index (χ0n) is 27.7. The fraction of sp³-hybridized carbons (Fsp3) is 0.906. The van der Waals surface area contributed by atoms with E-state index in [-0.39, 0.29) is 53.3 Å². The molecular formula is C32H53BN6O6. The average Bonchev–Trinajstić information content (AvgIpc) is 3.30. The summed E-state index contributed by atoms with van der Waals surface area (Å²) < 4.78 is 13.4. The lowest BCUT2D eigenvalue weighted by atomic mass is 9.43. The first kappa shape index (κ1) is 32.5. The van der Waals surface area contributed by atoms with Crippen LogP contribution in [0.1, 0.15) is 105 Å². The van der Waals surface area contributed by atoms with Gasteiger partial charge in [-0.05, 0) is 118 Å². The molecule has 2 amide bonds. The van der Waals surface area contributed by atoms with Gasteiger partial charge in [0, 0.05) is 12.0 Å². The monoisotopic (exact) mass is 628 g/mol. The van der Waals surface area contributed by atoms with Gasteiger partial charge in [0.1, 0.15) is 6.04 Å². The van der Waals surface area contributed by atoms with Crippen molar-refractivity contribution >= 4 is 24.9 Å². The van der Waals surface area contributed by atoms with E-state index in [2.05, 4.69) is 50.2 Å². The van der Waals surface area contributed by atoms with E-state index in [9.17, 15) is 19.7 Å². The molecule has 0 unspecified atom stereocenters. The van der Waals surface area contributed by atoms with Crippen molar-refractivity contribution in [1.82, 2.24) is 16.1 Å². The number of carbonyl (C=O) groups excluding carboxylic acids is 2. The van der Waals surface area contributed by atoms with Crippen LogP contribution in [0.2, 0.25) is 0 Å². The van der Waals surface area contributed by atoms with Crippen molar-refractivity contribution in [1.29, 1.82) is 0 Å². The van der Waals surface area contributed by atoms with E-state index in [0.717, 1.165) is 32.1 Å². The van der Waals surface area contributed by atoms with Crippen LogP contribution in [0.15, 0.2) is 4.99 Å². The number of hydrogen-bond acceptors (Lipinski definition) is 7. The predicted octanol–water partition coefficient (Wildman–Crippen LogP) is 3.36. The molecule has 1 aliphatic heterocycles. The zero-order chi connectivity index (χ0) is 32.3. The van der Waals surface area contributed by atoms with Gasteiger partial charge in [0.25, 0.3) is 5.96 Å². The Morgan fingerprint density at radius 2 is 1.69 bits per heavy atom. The summed E-state index contributed by atoms with van der Waals surface area (Å²) in [5, 5.41) is 16.4. The minimum absolute atomic E-state index is 0.00547. The number of guanidine groups is 1. The number of nitrogens with one attached hydrogen (secondary N) is 3. The molecule has 8 aliphatic rings. The molecule has 13 heteroatoms. The van der Waals surface area contributed by atoms with Crippen LogP contribution in [0.4, 0.5) is 0 Å². The van der Waals surface area contributed by atoms with Crippen molar-refractivity contribution < 1.29 is 23.9 Å². The van der Waals surface area contributed by atoms with Crippen LogP contribution >= 0.6 is 0 Å². The third kappa shape index (κ3) is 6.20. The van der Waals surface area contributed by atoms with E-state index in [1.54, 1.807) is 0 Å². The average molecular weight is 629 g/mol. The molecule has 0 spiro atoms. The second kappa shape index (κ2) is 12.0. The van der Waals surface area contributed by atoms with Gasteiger partial charge < -0.3 is 25.7 Å². The minimum atomic E-state index is -0.772. The predicted molar refractivity (Wildman–Crippen MR) is 170 cm³/mol. The Balaban J connectivity index is 1.16. The van der Waals surface area contributed by atoms with E-state index in [1.807, 2.05) is 5.43 Å². The Kier molecular flexibility index (Phi) is 8.67. The molecule has 0 aromatic rings. The van der Waals surface area contributed by atoms with Gasteiger partial charge in [-0.15, -0.1) is 0 Å². The standard InChI is InChI=1S/C32H53BN6O6/c1-18(2)9-26(33-44-25-14-22-13-24(30(22,3)4)31(25,5)45-33)37-27(40)23(7-6-8-35-29(34)38-39(42)43)36-28(41)32-15-19-10-20(16-32)12-21(11-19)17-32/h18-26H,6-17H2,1-5H3,(H,36,41)(H,37,40)(H3,34,35,38)/t19?,20?,21?,22-,23-,24-,25+,26-,31-,32?/m0/s1. The molecule has 7 saturated carbocycles. The maximum Gasteiger partial charge on any atom is 0.481 e. The largest absolute Gasteiger partial charge is 0.481 e. The number of hydrogen-bond donors (Lipinski definition) is 4. The van der Waals surface area contributed by atoms with Crippen LogP contribution in [0.3, 0.4) is 0 Å². The van der Waals surface area contributed by atoms with Gasteiger partial charge in [-0.1, -0.05) is 33.1 Å². The quantitative estimate of drug-likeness (QED) is 0.0637. The van der Waals surface area contributed by atoms with Crippen LogP contribution in [0, 0.1) is 56.5 Å². The molecule has 1 saturated heterocycles. The second-order valence-electron chi connectivity index (χ2n) is 16.6. The molecule has 250 valence electrons. The lowest BCUT2D eigenvalue weighted by Crippen LogP contribution is -2.65. The molecule has 0 aromatic heterocycles. The van der Waals surface area contributed by atoms with Crippen LogP contribution in [0.5, 0.6) is 0 Å². The van der Waals surface area contributed by atoms with Crippen molar-refractivity contribution in [3.05, 3.63) is 10.1 Å². The summed E-state index contributed by atoms with van der Waals surface area (Å²) in [6, 6.07) is -0.772. The van der Waals surface area contributed by atoms with Crippen LogP contribution in [0.25, 0.3) is 0 Å². The Hall–Kier alpha value is -2.41. The summed E-state index contributed by atoms with van der Waals surface area (Å²) >= 11 is 0. The minimum Gasteiger partial charge on any atom is -0.404 e. The van der Waals surface area contributed by atoms with E-state index in [4.69, 9.17) is 15.0 Å². The van der Waals surface area contributed by atoms with Gasteiger partial charge in [-0.2, -0.15) is 0 Å². The van der Waals surface area contributed by atoms with Crippen molar-refractivity contribution in [2.24, 2.45) is 57.1 Å². The second-order valence-corrected chi connectivity index (χ2v) is 16.6.